The summed E-state index contributed by atoms with van der Waals surface area (Å²) < 4.78 is 0. The van der Waals surface area contributed by atoms with Crippen LogP contribution in [0.5, 0.6) is 0 Å². The van der Waals surface area contributed by atoms with Gasteiger partial charge >= 0.3 is 0 Å². The molecule has 0 unspecified atom stereocenters. The number of thiazole rings is 1. The maximum absolute atomic E-state index is 8.70. The van der Waals surface area contributed by atoms with E-state index in [9.17, 15) is 0 Å². The number of hydrogen-bond acceptors (Lipinski definition) is 4. The molecule has 0 aliphatic rings. The summed E-state index contributed by atoms with van der Waals surface area (Å²) in [5.41, 5.74) is 0. The van der Waals surface area contributed by atoms with Gasteiger partial charge < -0.3 is 10.4 Å². The average molecular weight is 172 g/mol. The second kappa shape index (κ2) is 4.43. The van der Waals surface area contributed by atoms with Gasteiger partial charge in [-0.25, -0.2) is 4.98 Å². The maximum Gasteiger partial charge on any atom is 0.118 e. The van der Waals surface area contributed by atoms with Crippen LogP contribution in [-0.2, 0) is 13.2 Å². The van der Waals surface area contributed by atoms with Gasteiger partial charge in [0.25, 0.3) is 0 Å². The topological polar surface area (TPSA) is 45.2 Å². The second-order valence-corrected chi connectivity index (χ2v) is 3.36. The predicted octanol–water partition coefficient (Wildman–Crippen LogP) is 0.745. The molecular formula is C7H12N2OS. The third kappa shape index (κ3) is 2.57. The molecule has 0 saturated heterocycles. The first-order chi connectivity index (χ1) is 5.36. The lowest BCUT2D eigenvalue weighted by molar-refractivity contribution is 0.281. The lowest BCUT2D eigenvalue weighted by atomic mass is 10.5. The summed E-state index contributed by atoms with van der Waals surface area (Å²) in [6.45, 7) is 3.94. The normalized spacial score (nSPS) is 10.4. The molecule has 62 valence electrons. The van der Waals surface area contributed by atoms with Crippen LogP contribution >= 0.6 is 11.3 Å². The molecule has 11 heavy (non-hydrogen) atoms. The highest BCUT2D eigenvalue weighted by molar-refractivity contribution is 7.11. The predicted molar refractivity (Wildman–Crippen MR) is 45.4 cm³/mol. The Bertz CT molecular complexity index is 212. The molecule has 0 bridgehead atoms. The molecule has 0 aliphatic carbocycles. The van der Waals surface area contributed by atoms with Crippen molar-refractivity contribution in [2.24, 2.45) is 0 Å². The summed E-state index contributed by atoms with van der Waals surface area (Å²) >= 11 is 1.55. The molecule has 0 saturated carbocycles. The zero-order valence-corrected chi connectivity index (χ0v) is 7.32. The summed E-state index contributed by atoms with van der Waals surface area (Å²) in [4.78, 5) is 5.19. The Hall–Kier alpha value is -0.450. The van der Waals surface area contributed by atoms with Gasteiger partial charge in [-0.3, -0.25) is 0 Å². The van der Waals surface area contributed by atoms with Crippen molar-refractivity contribution in [3.8, 4) is 0 Å². The van der Waals surface area contributed by atoms with Gasteiger partial charge in [-0.1, -0.05) is 6.92 Å². The van der Waals surface area contributed by atoms with E-state index in [1.165, 1.54) is 4.88 Å². The van der Waals surface area contributed by atoms with Gasteiger partial charge in [-0.2, -0.15) is 0 Å². The number of aromatic nitrogens is 1. The van der Waals surface area contributed by atoms with Gasteiger partial charge in [0.2, 0.25) is 0 Å². The first-order valence-electron chi connectivity index (χ1n) is 3.62. The second-order valence-electron chi connectivity index (χ2n) is 2.16. The van der Waals surface area contributed by atoms with Crippen LogP contribution in [0, 0.1) is 0 Å². The Labute approximate surface area is 70.1 Å². The molecule has 0 amide bonds. The molecule has 1 aromatic heterocycles. The van der Waals surface area contributed by atoms with Gasteiger partial charge in [0.1, 0.15) is 5.01 Å². The average Bonchev–Trinajstić information content (AvgIpc) is 2.48. The largest absolute Gasteiger partial charge is 0.389 e. The molecule has 0 atom stereocenters. The van der Waals surface area contributed by atoms with Crippen molar-refractivity contribution in [2.75, 3.05) is 6.54 Å². The van der Waals surface area contributed by atoms with E-state index in [1.54, 1.807) is 17.5 Å². The van der Waals surface area contributed by atoms with Crippen LogP contribution in [0.15, 0.2) is 6.20 Å². The third-order valence-electron chi connectivity index (χ3n) is 1.29. The molecule has 0 aromatic carbocycles. The first kappa shape index (κ1) is 8.64. The van der Waals surface area contributed by atoms with Crippen molar-refractivity contribution in [3.05, 3.63) is 16.1 Å². The minimum atomic E-state index is 0.0524. The first-order valence-corrected chi connectivity index (χ1v) is 4.43. The monoisotopic (exact) mass is 172 g/mol. The molecule has 0 aliphatic heterocycles. The van der Waals surface area contributed by atoms with E-state index in [0.29, 0.717) is 0 Å². The highest BCUT2D eigenvalue weighted by Gasteiger charge is 1.98. The maximum atomic E-state index is 8.70. The van der Waals surface area contributed by atoms with Gasteiger partial charge in [-0.15, -0.1) is 11.3 Å². The fourth-order valence-corrected chi connectivity index (χ4v) is 1.50. The van der Waals surface area contributed by atoms with Crippen LogP contribution in [0.25, 0.3) is 0 Å². The fraction of sp³-hybridized carbons (Fsp3) is 0.571. The summed E-state index contributed by atoms with van der Waals surface area (Å²) in [6.07, 6.45) is 1.80. The Morgan fingerprint density at radius 3 is 3.09 bits per heavy atom. The van der Waals surface area contributed by atoms with Crippen LogP contribution in [-0.4, -0.2) is 16.6 Å². The van der Waals surface area contributed by atoms with E-state index in [4.69, 9.17) is 5.11 Å². The standard InChI is InChI=1S/C7H12N2OS/c1-2-8-3-6-4-9-7(5-10)11-6/h4,8,10H,2-3,5H2,1H3. The van der Waals surface area contributed by atoms with Gasteiger partial charge in [-0.05, 0) is 6.54 Å². The molecule has 1 aromatic rings. The van der Waals surface area contributed by atoms with E-state index in [0.717, 1.165) is 18.1 Å². The van der Waals surface area contributed by atoms with Gasteiger partial charge in [0.15, 0.2) is 0 Å². The third-order valence-corrected chi connectivity index (χ3v) is 2.27. The zero-order chi connectivity index (χ0) is 8.10. The Morgan fingerprint density at radius 1 is 1.73 bits per heavy atom. The lowest BCUT2D eigenvalue weighted by Crippen LogP contribution is -2.10. The Balaban J connectivity index is 2.44. The SMILES string of the molecule is CCNCc1cnc(CO)s1. The van der Waals surface area contributed by atoms with Crippen molar-refractivity contribution in [3.63, 3.8) is 0 Å². The van der Waals surface area contributed by atoms with Crippen molar-refractivity contribution in [1.82, 2.24) is 10.3 Å². The Kier molecular flexibility index (Phi) is 3.48. The molecule has 1 heterocycles. The van der Waals surface area contributed by atoms with Crippen LogP contribution in [0.1, 0.15) is 16.8 Å². The van der Waals surface area contributed by atoms with Crippen LogP contribution in [0.4, 0.5) is 0 Å². The minimum absolute atomic E-state index is 0.0524. The van der Waals surface area contributed by atoms with E-state index >= 15 is 0 Å². The smallest absolute Gasteiger partial charge is 0.118 e. The van der Waals surface area contributed by atoms with Crippen molar-refractivity contribution in [1.29, 1.82) is 0 Å². The van der Waals surface area contributed by atoms with Crippen molar-refractivity contribution < 1.29 is 5.11 Å². The number of nitrogens with one attached hydrogen (secondary N) is 1. The summed E-state index contributed by atoms with van der Waals surface area (Å²) in [7, 11) is 0. The molecule has 0 radical (unpaired) electrons. The van der Waals surface area contributed by atoms with Crippen molar-refractivity contribution in [2.45, 2.75) is 20.1 Å². The lowest BCUT2D eigenvalue weighted by Gasteiger charge is -1.94. The fourth-order valence-electron chi connectivity index (χ4n) is 0.751. The van der Waals surface area contributed by atoms with E-state index < -0.39 is 0 Å². The van der Waals surface area contributed by atoms with Crippen LogP contribution in [0.3, 0.4) is 0 Å². The zero-order valence-electron chi connectivity index (χ0n) is 6.50. The van der Waals surface area contributed by atoms with Crippen LogP contribution < -0.4 is 5.32 Å². The summed E-state index contributed by atoms with van der Waals surface area (Å²) in [5.74, 6) is 0. The quantitative estimate of drug-likeness (QED) is 0.704. The number of aliphatic hydroxyl groups excluding tert-OH is 1. The van der Waals surface area contributed by atoms with E-state index in [1.807, 2.05) is 0 Å². The number of hydrogen-bond donors (Lipinski definition) is 2. The molecule has 2 N–H and O–H groups in total. The molecule has 3 nitrogen and oxygen atoms in total. The summed E-state index contributed by atoms with van der Waals surface area (Å²) in [6, 6.07) is 0. The summed E-state index contributed by atoms with van der Waals surface area (Å²) in [5, 5.41) is 12.7. The molecule has 0 spiro atoms. The molecule has 4 heteroatoms. The van der Waals surface area contributed by atoms with Crippen LogP contribution in [0.2, 0.25) is 0 Å². The van der Waals surface area contributed by atoms with Gasteiger partial charge in [0.05, 0.1) is 6.61 Å². The number of nitrogens with zero attached hydrogens (tertiary/aromatic N) is 1. The highest BCUT2D eigenvalue weighted by Crippen LogP contribution is 2.11. The molecule has 0 fully saturated rings. The Morgan fingerprint density at radius 2 is 2.55 bits per heavy atom. The molecule has 1 rings (SSSR count). The minimum Gasteiger partial charge on any atom is -0.389 e. The highest BCUT2D eigenvalue weighted by atomic mass is 32.1. The van der Waals surface area contributed by atoms with E-state index in [2.05, 4.69) is 17.2 Å². The van der Waals surface area contributed by atoms with Gasteiger partial charge in [0, 0.05) is 17.6 Å². The van der Waals surface area contributed by atoms with Crippen molar-refractivity contribution >= 4 is 11.3 Å². The molecular weight excluding hydrogens is 160 g/mol. The van der Waals surface area contributed by atoms with E-state index in [-0.39, 0.29) is 6.61 Å². The number of aliphatic hydroxyl groups is 1. The number of rotatable bonds is 4.